The van der Waals surface area contributed by atoms with E-state index in [0.717, 1.165) is 60.3 Å². The van der Waals surface area contributed by atoms with Crippen LogP contribution in [0.25, 0.3) is 5.57 Å². The summed E-state index contributed by atoms with van der Waals surface area (Å²) in [5.74, 6) is -1.18. The van der Waals surface area contributed by atoms with Crippen molar-refractivity contribution in [3.63, 3.8) is 0 Å². The molecule has 6 rings (SSSR count). The van der Waals surface area contributed by atoms with Crippen molar-refractivity contribution in [2.45, 2.75) is 83.1 Å². The molecule has 3 aliphatic carbocycles. The summed E-state index contributed by atoms with van der Waals surface area (Å²) in [4.78, 5) is 41.6. The quantitative estimate of drug-likeness (QED) is 0.443. The lowest BCUT2D eigenvalue weighted by molar-refractivity contribution is -0.142. The van der Waals surface area contributed by atoms with Gasteiger partial charge in [-0.3, -0.25) is 14.4 Å². The van der Waals surface area contributed by atoms with Crippen LogP contribution in [0.4, 0.5) is 0 Å². The molecule has 3 atom stereocenters. The van der Waals surface area contributed by atoms with E-state index < -0.39 is 11.9 Å². The maximum Gasteiger partial charge on any atom is 0.306 e. The average molecular weight is 580 g/mol. The zero-order valence-corrected chi connectivity index (χ0v) is 24.4. The molecule has 2 unspecified atom stereocenters. The fourth-order valence-electron chi connectivity index (χ4n) is 6.92. The number of hydrogen-bond donors (Lipinski definition) is 1. The molecule has 2 aromatic rings. The van der Waals surface area contributed by atoms with Crippen molar-refractivity contribution in [3.8, 4) is 0 Å². The van der Waals surface area contributed by atoms with E-state index in [9.17, 15) is 19.5 Å². The molecule has 41 heavy (non-hydrogen) atoms. The second-order valence-corrected chi connectivity index (χ2v) is 12.3. The smallest absolute Gasteiger partial charge is 0.306 e. The van der Waals surface area contributed by atoms with Gasteiger partial charge in [0.15, 0.2) is 0 Å². The Hall–Kier alpha value is -2.97. The van der Waals surface area contributed by atoms with Gasteiger partial charge >= 0.3 is 5.97 Å². The van der Waals surface area contributed by atoms with Gasteiger partial charge in [-0.2, -0.15) is 9.78 Å². The third-order valence-electron chi connectivity index (χ3n) is 9.33. The first-order valence-corrected chi connectivity index (χ1v) is 15.5. The van der Waals surface area contributed by atoms with Crippen LogP contribution in [0.5, 0.6) is 0 Å². The summed E-state index contributed by atoms with van der Waals surface area (Å²) in [5, 5.41) is 14.8. The number of aliphatic carboxylic acids is 1. The molecule has 1 saturated carbocycles. The second-order valence-electron chi connectivity index (χ2n) is 11.9. The molecule has 0 radical (unpaired) electrons. The zero-order chi connectivity index (χ0) is 28.7. The summed E-state index contributed by atoms with van der Waals surface area (Å²) >= 11 is 6.65. The minimum atomic E-state index is -0.778. The van der Waals surface area contributed by atoms with Crippen LogP contribution < -0.4 is 0 Å². The van der Waals surface area contributed by atoms with Crippen LogP contribution in [0.15, 0.2) is 24.3 Å². The van der Waals surface area contributed by atoms with E-state index >= 15 is 0 Å². The summed E-state index contributed by atoms with van der Waals surface area (Å²) in [6.07, 6.45) is 9.37. The van der Waals surface area contributed by atoms with Gasteiger partial charge < -0.3 is 14.7 Å². The van der Waals surface area contributed by atoms with Crippen molar-refractivity contribution in [2.24, 2.45) is 11.8 Å². The summed E-state index contributed by atoms with van der Waals surface area (Å²) < 4.78 is 7.19. The Morgan fingerprint density at radius 3 is 2.61 bits per heavy atom. The third kappa shape index (κ3) is 5.48. The topological polar surface area (TPSA) is 102 Å². The number of fused-ring (bicyclic) bond motifs is 1. The summed E-state index contributed by atoms with van der Waals surface area (Å²) in [6.45, 7) is 3.90. The van der Waals surface area contributed by atoms with Gasteiger partial charge in [0.1, 0.15) is 0 Å². The number of amides is 1. The number of carbonyl (C=O) groups is 3. The number of carboxylic acid groups (broad SMARTS) is 1. The average Bonchev–Trinajstić information content (AvgIpc) is 3.60. The van der Waals surface area contributed by atoms with Crippen LogP contribution >= 0.6 is 11.6 Å². The van der Waals surface area contributed by atoms with Crippen molar-refractivity contribution in [1.29, 1.82) is 0 Å². The largest absolute Gasteiger partial charge is 0.481 e. The number of carboxylic acids is 1. The number of halogens is 1. The molecule has 1 aromatic heterocycles. The molecule has 1 aromatic carbocycles. The predicted octanol–water partition coefficient (Wildman–Crippen LogP) is 5.50. The number of benzene rings is 1. The van der Waals surface area contributed by atoms with Crippen LogP contribution in [0.3, 0.4) is 0 Å². The normalized spacial score (nSPS) is 24.2. The molecular weight excluding hydrogens is 542 g/mol. The number of nitrogens with zero attached hydrogens (tertiary/aromatic N) is 3. The Kier molecular flexibility index (Phi) is 8.05. The van der Waals surface area contributed by atoms with Crippen molar-refractivity contribution in [2.75, 3.05) is 19.8 Å². The van der Waals surface area contributed by atoms with Gasteiger partial charge in [-0.1, -0.05) is 29.8 Å². The molecule has 1 amide bonds. The van der Waals surface area contributed by atoms with Gasteiger partial charge in [-0.25, -0.2) is 0 Å². The molecule has 0 spiro atoms. The second kappa shape index (κ2) is 11.7. The Labute approximate surface area is 245 Å². The Morgan fingerprint density at radius 2 is 1.90 bits per heavy atom. The van der Waals surface area contributed by atoms with Crippen LogP contribution in [0, 0.1) is 11.8 Å². The molecule has 1 saturated heterocycles. The van der Waals surface area contributed by atoms with Gasteiger partial charge in [0.2, 0.25) is 5.91 Å². The van der Waals surface area contributed by atoms with Gasteiger partial charge in [0, 0.05) is 31.1 Å². The first kappa shape index (κ1) is 28.2. The van der Waals surface area contributed by atoms with E-state index in [1.807, 2.05) is 30.0 Å². The highest BCUT2D eigenvalue weighted by Gasteiger charge is 2.39. The van der Waals surface area contributed by atoms with E-state index in [4.69, 9.17) is 21.4 Å². The summed E-state index contributed by atoms with van der Waals surface area (Å²) in [5.41, 5.74) is 5.04. The number of rotatable bonds is 8. The third-order valence-corrected chi connectivity index (χ3v) is 9.64. The predicted molar refractivity (Wildman–Crippen MR) is 155 cm³/mol. The van der Waals surface area contributed by atoms with Gasteiger partial charge in [-0.15, -0.1) is 0 Å². The monoisotopic (exact) mass is 579 g/mol. The molecule has 2 fully saturated rings. The molecule has 4 aliphatic rings. The Morgan fingerprint density at radius 1 is 1.10 bits per heavy atom. The maximum absolute atomic E-state index is 14.2. The summed E-state index contributed by atoms with van der Waals surface area (Å²) in [7, 11) is 0. The molecule has 2 heterocycles. The molecule has 1 aliphatic heterocycles. The van der Waals surface area contributed by atoms with Gasteiger partial charge in [0.05, 0.1) is 40.5 Å². The molecule has 218 valence electrons. The molecule has 0 bridgehead atoms. The lowest BCUT2D eigenvalue weighted by Gasteiger charge is -2.31. The number of likely N-dealkylation sites (tertiary alicyclic amines) is 1. The molecule has 1 N–H and O–H groups in total. The Balaban J connectivity index is 1.36. The van der Waals surface area contributed by atoms with Crippen molar-refractivity contribution >= 4 is 35.0 Å². The number of carbonyl (C=O) groups excluding carboxylic acids is 2. The van der Waals surface area contributed by atoms with Gasteiger partial charge in [0.25, 0.3) is 5.91 Å². The minimum Gasteiger partial charge on any atom is -0.481 e. The lowest BCUT2D eigenvalue weighted by atomic mass is 9.82. The highest BCUT2D eigenvalue weighted by Crippen LogP contribution is 2.44. The van der Waals surface area contributed by atoms with Crippen molar-refractivity contribution in [3.05, 3.63) is 57.4 Å². The van der Waals surface area contributed by atoms with E-state index in [1.54, 1.807) is 6.07 Å². The number of hydrogen-bond acceptors (Lipinski definition) is 5. The number of allylic oxidation sites excluding steroid dienone is 2. The fourth-order valence-corrected chi connectivity index (χ4v) is 7.18. The van der Waals surface area contributed by atoms with Crippen LogP contribution in [-0.2, 0) is 27.2 Å². The maximum atomic E-state index is 14.2. The van der Waals surface area contributed by atoms with Crippen molar-refractivity contribution < 1.29 is 24.2 Å². The minimum absolute atomic E-state index is 0.102. The number of ether oxygens (including phenoxy) is 1. The van der Waals surface area contributed by atoms with E-state index in [1.165, 1.54) is 4.68 Å². The first-order chi connectivity index (χ1) is 19.9. The van der Waals surface area contributed by atoms with E-state index in [0.29, 0.717) is 68.2 Å². The Bertz CT molecular complexity index is 1390. The van der Waals surface area contributed by atoms with Crippen LogP contribution in [0.2, 0.25) is 5.02 Å². The van der Waals surface area contributed by atoms with Crippen molar-refractivity contribution in [1.82, 2.24) is 14.7 Å². The highest BCUT2D eigenvalue weighted by atomic mass is 35.5. The SMILES string of the molecule is CCOC[C@@H]1CCCN1C(=O)C1CCc2c(C3=CCC(C(=O)O)CC3)nn(C(=O)c3c(Cl)cccc3C3CC3)c2C1. The molecular formula is C32H38ClN3O5. The van der Waals surface area contributed by atoms with Crippen LogP contribution in [-0.4, -0.2) is 63.4 Å². The molecule has 8 nitrogen and oxygen atoms in total. The summed E-state index contributed by atoms with van der Waals surface area (Å²) in [6, 6.07) is 5.74. The van der Waals surface area contributed by atoms with E-state index in [2.05, 4.69) is 0 Å². The zero-order valence-electron chi connectivity index (χ0n) is 23.6. The van der Waals surface area contributed by atoms with Crippen LogP contribution in [0.1, 0.15) is 97.1 Å². The lowest BCUT2D eigenvalue weighted by Crippen LogP contribution is -2.43. The number of aromatic nitrogens is 2. The molecule has 9 heteroatoms. The van der Waals surface area contributed by atoms with Gasteiger partial charge in [-0.05, 0) is 87.8 Å². The highest BCUT2D eigenvalue weighted by molar-refractivity contribution is 6.34. The fraction of sp³-hybridized carbons (Fsp3) is 0.562. The standard InChI is InChI=1S/C32H38ClN3O5/c1-2-41-18-23-5-4-16-35(23)30(37)22-14-15-25-27(17-22)36(34-29(25)20-10-12-21(13-11-20)32(39)40)31(38)28-24(19-8-9-19)6-3-7-26(28)33/h3,6-7,10,19,21-23H,2,4-5,8-9,11-18H2,1H3,(H,39,40)/t21?,22?,23-/m0/s1. The van der Waals surface area contributed by atoms with E-state index in [-0.39, 0.29) is 23.8 Å². The first-order valence-electron chi connectivity index (χ1n) is 15.1.